The number of hydrogen-bond acceptors (Lipinski definition) is 9. The first-order chi connectivity index (χ1) is 23.1. The lowest BCUT2D eigenvalue weighted by Gasteiger charge is -2.31. The number of carbonyl (C=O) groups excluding carboxylic acids is 3. The summed E-state index contributed by atoms with van der Waals surface area (Å²) in [5, 5.41) is 34.9. The highest BCUT2D eigenvalue weighted by molar-refractivity contribution is 5.94. The molecule has 0 atom stereocenters. The van der Waals surface area contributed by atoms with E-state index in [1.165, 1.54) is 6.07 Å². The van der Waals surface area contributed by atoms with E-state index in [2.05, 4.69) is 20.8 Å². The molecule has 5 rings (SSSR count). The molecule has 0 spiro atoms. The fourth-order valence-corrected chi connectivity index (χ4v) is 5.49. The van der Waals surface area contributed by atoms with Crippen molar-refractivity contribution in [2.75, 3.05) is 26.2 Å². The maximum atomic E-state index is 13.1. The second-order valence-electron chi connectivity index (χ2n) is 11.7. The van der Waals surface area contributed by atoms with Crippen LogP contribution >= 0.6 is 0 Å². The number of rotatable bonds is 10. The number of aromatic hydroxyl groups is 2. The van der Waals surface area contributed by atoms with Crippen LogP contribution in [-0.4, -0.2) is 80.1 Å². The summed E-state index contributed by atoms with van der Waals surface area (Å²) < 4.78 is 13.0. The van der Waals surface area contributed by atoms with Gasteiger partial charge in [-0.2, -0.15) is 0 Å². The summed E-state index contributed by atoms with van der Waals surface area (Å²) in [5.41, 5.74) is 1.99. The lowest BCUT2D eigenvalue weighted by molar-refractivity contribution is 0.0426. The molecule has 0 unspecified atom stereocenters. The molecule has 1 saturated heterocycles. The standard InChI is InChI=1S/C35H40N6O7/c1-5-36-33(44)32-39-38-31(28-19-27(21(3)4)29(42)20-30(28)43)41(32)23-9-13-25(14-10-23)47-24-11-7-22(8-12-24)34(45)40-17-15-26(16-18-40)48-35(46)37-6-2/h7-14,19-21,26,42-43H,5-6,15-18H2,1-4H3,(H,36,44)(H,37,46). The average Bonchev–Trinajstić information content (AvgIpc) is 3.51. The Labute approximate surface area is 278 Å². The molecule has 2 heterocycles. The van der Waals surface area contributed by atoms with E-state index in [1.54, 1.807) is 71.0 Å². The minimum absolute atomic E-state index is 0.0260. The molecule has 0 saturated carbocycles. The van der Waals surface area contributed by atoms with E-state index in [1.807, 2.05) is 20.8 Å². The Kier molecular flexibility index (Phi) is 10.5. The van der Waals surface area contributed by atoms with E-state index in [0.717, 1.165) is 0 Å². The number of nitrogens with one attached hydrogen (secondary N) is 2. The molecule has 0 radical (unpaired) electrons. The van der Waals surface area contributed by atoms with Gasteiger partial charge in [0.1, 0.15) is 29.1 Å². The van der Waals surface area contributed by atoms with Gasteiger partial charge in [0.25, 0.3) is 11.8 Å². The fraction of sp³-hybridized carbons (Fsp3) is 0.343. The van der Waals surface area contributed by atoms with Gasteiger partial charge in [0.05, 0.1) is 5.56 Å². The highest BCUT2D eigenvalue weighted by atomic mass is 16.6. The molecule has 1 aromatic heterocycles. The minimum Gasteiger partial charge on any atom is -0.508 e. The van der Waals surface area contributed by atoms with Crippen molar-refractivity contribution in [3.8, 4) is 40.1 Å². The van der Waals surface area contributed by atoms with Crippen LogP contribution in [0.2, 0.25) is 0 Å². The van der Waals surface area contributed by atoms with Crippen LogP contribution in [0, 0.1) is 0 Å². The van der Waals surface area contributed by atoms with Crippen LogP contribution in [-0.2, 0) is 4.74 Å². The average molecular weight is 657 g/mol. The summed E-state index contributed by atoms with van der Waals surface area (Å²) in [4.78, 5) is 39.5. The second-order valence-corrected chi connectivity index (χ2v) is 11.7. The van der Waals surface area contributed by atoms with Crippen LogP contribution < -0.4 is 15.4 Å². The minimum atomic E-state index is -0.439. The Morgan fingerprint density at radius 1 is 0.875 bits per heavy atom. The summed E-state index contributed by atoms with van der Waals surface area (Å²) in [5.74, 6) is 0.468. The summed E-state index contributed by atoms with van der Waals surface area (Å²) in [6.07, 6.45) is 0.513. The Bertz CT molecular complexity index is 1760. The third-order valence-electron chi connectivity index (χ3n) is 7.97. The molecule has 0 bridgehead atoms. The number of nitrogens with zero attached hydrogens (tertiary/aromatic N) is 4. The molecular formula is C35H40N6O7. The Morgan fingerprint density at radius 3 is 2.10 bits per heavy atom. The van der Waals surface area contributed by atoms with Crippen LogP contribution in [0.1, 0.15) is 73.0 Å². The van der Waals surface area contributed by atoms with E-state index >= 15 is 0 Å². The van der Waals surface area contributed by atoms with Gasteiger partial charge in [-0.25, -0.2) is 4.79 Å². The van der Waals surface area contributed by atoms with Crippen molar-refractivity contribution in [1.29, 1.82) is 0 Å². The predicted octanol–water partition coefficient (Wildman–Crippen LogP) is 5.36. The summed E-state index contributed by atoms with van der Waals surface area (Å²) in [6, 6.07) is 16.7. The molecule has 1 aliphatic heterocycles. The van der Waals surface area contributed by atoms with Crippen molar-refractivity contribution >= 4 is 17.9 Å². The first-order valence-corrected chi connectivity index (χ1v) is 16.0. The van der Waals surface area contributed by atoms with Gasteiger partial charge in [0.2, 0.25) is 5.82 Å². The maximum absolute atomic E-state index is 13.1. The molecule has 13 nitrogen and oxygen atoms in total. The van der Waals surface area contributed by atoms with Gasteiger partial charge >= 0.3 is 6.09 Å². The normalized spacial score (nSPS) is 13.3. The smallest absolute Gasteiger partial charge is 0.407 e. The van der Waals surface area contributed by atoms with E-state index in [9.17, 15) is 24.6 Å². The van der Waals surface area contributed by atoms with Crippen molar-refractivity contribution in [1.82, 2.24) is 30.3 Å². The molecule has 48 heavy (non-hydrogen) atoms. The molecular weight excluding hydrogens is 616 g/mol. The van der Waals surface area contributed by atoms with Gasteiger partial charge in [-0.3, -0.25) is 14.2 Å². The van der Waals surface area contributed by atoms with Gasteiger partial charge in [-0.1, -0.05) is 13.8 Å². The number of amides is 3. The lowest BCUT2D eigenvalue weighted by Crippen LogP contribution is -2.42. The number of piperidine rings is 1. The van der Waals surface area contributed by atoms with Crippen LogP contribution in [0.25, 0.3) is 17.1 Å². The first-order valence-electron chi connectivity index (χ1n) is 16.0. The zero-order valence-corrected chi connectivity index (χ0v) is 27.4. The van der Waals surface area contributed by atoms with Crippen LogP contribution in [0.5, 0.6) is 23.0 Å². The summed E-state index contributed by atoms with van der Waals surface area (Å²) in [6.45, 7) is 9.33. The quantitative estimate of drug-likeness (QED) is 0.176. The Hall–Kier alpha value is -5.59. The topological polar surface area (TPSA) is 168 Å². The number of alkyl carbamates (subject to hydrolysis) is 1. The van der Waals surface area contributed by atoms with Crippen molar-refractivity contribution in [2.24, 2.45) is 0 Å². The van der Waals surface area contributed by atoms with E-state index < -0.39 is 12.0 Å². The third-order valence-corrected chi connectivity index (χ3v) is 7.97. The lowest BCUT2D eigenvalue weighted by atomic mass is 9.98. The van der Waals surface area contributed by atoms with Crippen molar-refractivity contribution in [3.63, 3.8) is 0 Å². The maximum Gasteiger partial charge on any atom is 0.407 e. The number of aromatic nitrogens is 3. The largest absolute Gasteiger partial charge is 0.508 e. The Balaban J connectivity index is 1.31. The van der Waals surface area contributed by atoms with Gasteiger partial charge in [-0.15, -0.1) is 10.2 Å². The number of benzene rings is 3. The second kappa shape index (κ2) is 14.9. The number of hydrogen-bond donors (Lipinski definition) is 4. The predicted molar refractivity (Wildman–Crippen MR) is 178 cm³/mol. The highest BCUT2D eigenvalue weighted by Gasteiger charge is 2.27. The van der Waals surface area contributed by atoms with Crippen LogP contribution in [0.4, 0.5) is 4.79 Å². The summed E-state index contributed by atoms with van der Waals surface area (Å²) in [7, 11) is 0. The zero-order valence-electron chi connectivity index (χ0n) is 27.4. The van der Waals surface area contributed by atoms with Crippen LogP contribution in [0.15, 0.2) is 60.7 Å². The van der Waals surface area contributed by atoms with Crippen LogP contribution in [0.3, 0.4) is 0 Å². The van der Waals surface area contributed by atoms with E-state index in [4.69, 9.17) is 9.47 Å². The number of phenolic OH excluding ortho intramolecular Hbond substituents is 2. The van der Waals surface area contributed by atoms with Gasteiger partial charge in [0.15, 0.2) is 5.82 Å². The number of phenols is 2. The third kappa shape index (κ3) is 7.51. The van der Waals surface area contributed by atoms with Crippen molar-refractivity contribution < 1.29 is 34.1 Å². The van der Waals surface area contributed by atoms with E-state index in [0.29, 0.717) is 72.9 Å². The number of carbonyl (C=O) groups is 3. The fourth-order valence-electron chi connectivity index (χ4n) is 5.49. The Morgan fingerprint density at radius 2 is 1.50 bits per heavy atom. The molecule has 1 fully saturated rings. The monoisotopic (exact) mass is 656 g/mol. The number of ether oxygens (including phenoxy) is 2. The van der Waals surface area contributed by atoms with Crippen molar-refractivity contribution in [3.05, 3.63) is 77.6 Å². The molecule has 1 aliphatic rings. The molecule has 3 aromatic carbocycles. The van der Waals surface area contributed by atoms with Gasteiger partial charge in [-0.05, 0) is 79.9 Å². The molecule has 0 aliphatic carbocycles. The molecule has 13 heteroatoms. The molecule has 252 valence electrons. The molecule has 3 amide bonds. The SMILES string of the molecule is CCNC(=O)OC1CCN(C(=O)c2ccc(Oc3ccc(-n4c(C(=O)NCC)nnc4-c4cc(C(C)C)c(O)cc4O)cc3)cc2)CC1. The van der Waals surface area contributed by atoms with Gasteiger partial charge < -0.3 is 35.2 Å². The number of likely N-dealkylation sites (tertiary alicyclic amines) is 1. The van der Waals surface area contributed by atoms with Gasteiger partial charge in [0, 0.05) is 56.3 Å². The highest BCUT2D eigenvalue weighted by Crippen LogP contribution is 2.38. The van der Waals surface area contributed by atoms with Crippen molar-refractivity contribution in [2.45, 2.75) is 52.6 Å². The molecule has 4 N–H and O–H groups in total. The summed E-state index contributed by atoms with van der Waals surface area (Å²) >= 11 is 0. The zero-order chi connectivity index (χ0) is 34.4. The van der Waals surface area contributed by atoms with E-state index in [-0.39, 0.29) is 41.1 Å². The molecule has 4 aromatic rings. The first kappa shape index (κ1) is 33.8.